The zero-order chi connectivity index (χ0) is 31.5. The van der Waals surface area contributed by atoms with Crippen LogP contribution in [0.2, 0.25) is 0 Å². The number of nitrogen functional groups attached to an aromatic ring is 1. The highest BCUT2D eigenvalue weighted by Gasteiger charge is 2.54. The molecule has 0 unspecified atom stereocenters. The molecule has 18 heteroatoms. The average molecular weight is 653 g/mol. The van der Waals surface area contributed by atoms with Gasteiger partial charge < -0.3 is 25.4 Å². The Bertz CT molecular complexity index is 1310. The van der Waals surface area contributed by atoms with Crippen molar-refractivity contribution in [1.82, 2.24) is 24.6 Å². The molecule has 0 saturated carbocycles. The first-order valence-electron chi connectivity index (χ1n) is 13.1. The average Bonchev–Trinajstić information content (AvgIpc) is 3.44. The number of aliphatic hydroxyl groups is 2. The monoisotopic (exact) mass is 652 g/mol. The van der Waals surface area contributed by atoms with Gasteiger partial charge in [-0.25, -0.2) is 24.6 Å². The van der Waals surface area contributed by atoms with Crippen LogP contribution in [0, 0.1) is 5.41 Å². The van der Waals surface area contributed by atoms with Gasteiger partial charge in [-0.05, 0) is 41.5 Å². The Morgan fingerprint density at radius 3 is 2.64 bits per heavy atom. The van der Waals surface area contributed by atoms with E-state index in [-0.39, 0.29) is 29.9 Å². The lowest BCUT2D eigenvalue weighted by Gasteiger charge is -2.26. The SMILES string of the molecule is CC(C)OC(=O)[C@@H](C)N[P@](=O)(OCCSC(=O)C(C)(C)CO)OC[C@H]1O[C@@H](n2cnc3c(N)ncnc32)[C@](C)(Cl)[C@@H]1O. The summed E-state index contributed by atoms with van der Waals surface area (Å²) >= 11 is 7.63. The second kappa shape index (κ2) is 13.8. The maximum Gasteiger partial charge on any atom is 0.406 e. The second-order valence-corrected chi connectivity index (χ2v) is 14.5. The van der Waals surface area contributed by atoms with E-state index >= 15 is 0 Å². The number of nitrogens with one attached hydrogen (secondary N) is 1. The van der Waals surface area contributed by atoms with E-state index in [0.717, 1.165) is 11.8 Å². The number of imidazole rings is 1. The molecule has 1 fully saturated rings. The third-order valence-corrected chi connectivity index (χ3v) is 9.66. The quantitative estimate of drug-likeness (QED) is 0.0995. The summed E-state index contributed by atoms with van der Waals surface area (Å²) in [4.78, 5) is 35.6. The number of rotatable bonds is 14. The van der Waals surface area contributed by atoms with E-state index in [1.54, 1.807) is 34.6 Å². The van der Waals surface area contributed by atoms with Crippen molar-refractivity contribution in [2.75, 3.05) is 31.3 Å². The van der Waals surface area contributed by atoms with E-state index in [4.69, 9.17) is 35.9 Å². The van der Waals surface area contributed by atoms with Gasteiger partial charge in [0, 0.05) is 5.75 Å². The molecule has 236 valence electrons. The minimum atomic E-state index is -4.24. The minimum absolute atomic E-state index is 0.0885. The molecule has 1 saturated heterocycles. The molecule has 3 rings (SSSR count). The van der Waals surface area contributed by atoms with E-state index in [2.05, 4.69) is 20.0 Å². The van der Waals surface area contributed by atoms with Crippen LogP contribution >= 0.6 is 31.1 Å². The fourth-order valence-corrected chi connectivity index (χ4v) is 6.56. The first-order valence-corrected chi connectivity index (χ1v) is 16.0. The van der Waals surface area contributed by atoms with Crippen LogP contribution in [0.1, 0.15) is 47.8 Å². The van der Waals surface area contributed by atoms with Crippen LogP contribution < -0.4 is 10.8 Å². The number of anilines is 1. The van der Waals surface area contributed by atoms with Gasteiger partial charge in [0.1, 0.15) is 35.0 Å². The van der Waals surface area contributed by atoms with Crippen LogP contribution in [0.15, 0.2) is 12.7 Å². The molecule has 0 amide bonds. The van der Waals surface area contributed by atoms with Gasteiger partial charge in [0.2, 0.25) is 0 Å². The van der Waals surface area contributed by atoms with Crippen LogP contribution in [0.4, 0.5) is 5.82 Å². The number of aliphatic hydroxyl groups excluding tert-OH is 2. The van der Waals surface area contributed by atoms with Crippen molar-refractivity contribution in [2.45, 2.75) is 77.0 Å². The molecule has 15 nitrogen and oxygen atoms in total. The second-order valence-electron chi connectivity index (χ2n) is 10.8. The molecule has 42 heavy (non-hydrogen) atoms. The van der Waals surface area contributed by atoms with E-state index < -0.39 is 61.2 Å². The lowest BCUT2D eigenvalue weighted by molar-refractivity contribution is -0.149. The molecule has 0 bridgehead atoms. The van der Waals surface area contributed by atoms with Crippen LogP contribution in [-0.4, -0.2) is 95.6 Å². The first-order chi connectivity index (χ1) is 19.5. The first kappa shape index (κ1) is 34.6. The fraction of sp³-hybridized carbons (Fsp3) is 0.708. The number of esters is 1. The fourth-order valence-electron chi connectivity index (χ4n) is 3.85. The van der Waals surface area contributed by atoms with Crippen LogP contribution in [0.5, 0.6) is 0 Å². The molecule has 0 aliphatic carbocycles. The molecule has 0 spiro atoms. The highest BCUT2D eigenvalue weighted by Crippen LogP contribution is 2.48. The number of carbonyl (C=O) groups excluding carboxylic acids is 2. The molecule has 2 aromatic heterocycles. The number of nitrogens with zero attached hydrogens (tertiary/aromatic N) is 4. The highest BCUT2D eigenvalue weighted by atomic mass is 35.5. The predicted octanol–water partition coefficient (Wildman–Crippen LogP) is 2.01. The number of aromatic nitrogens is 4. The Hall–Kier alpha value is -1.88. The Morgan fingerprint density at radius 2 is 2.00 bits per heavy atom. The van der Waals surface area contributed by atoms with Gasteiger partial charge in [0.25, 0.3) is 0 Å². The van der Waals surface area contributed by atoms with Crippen molar-refractivity contribution >= 4 is 59.2 Å². The topological polar surface area (TPSA) is 210 Å². The van der Waals surface area contributed by atoms with Crippen LogP contribution in [0.25, 0.3) is 11.2 Å². The number of nitrogens with two attached hydrogens (primary N) is 1. The van der Waals surface area contributed by atoms with Crippen molar-refractivity contribution in [3.8, 4) is 0 Å². The summed E-state index contributed by atoms with van der Waals surface area (Å²) in [7, 11) is -4.24. The van der Waals surface area contributed by atoms with Crippen LogP contribution in [-0.2, 0) is 32.7 Å². The van der Waals surface area contributed by atoms with Gasteiger partial charge in [-0.2, -0.15) is 0 Å². The van der Waals surface area contributed by atoms with Crippen molar-refractivity contribution < 1.29 is 42.9 Å². The number of alkyl halides is 1. The summed E-state index contributed by atoms with van der Waals surface area (Å²) in [5.41, 5.74) is 5.58. The van der Waals surface area contributed by atoms with Crippen LogP contribution in [0.3, 0.4) is 0 Å². The third kappa shape index (κ3) is 7.98. The summed E-state index contributed by atoms with van der Waals surface area (Å²) in [5, 5.41) is 22.7. The molecule has 5 N–H and O–H groups in total. The zero-order valence-electron chi connectivity index (χ0n) is 24.2. The molecule has 1 aliphatic heterocycles. The van der Waals surface area contributed by atoms with Gasteiger partial charge in [-0.15, -0.1) is 11.6 Å². The molecule has 0 aromatic carbocycles. The predicted molar refractivity (Wildman–Crippen MR) is 156 cm³/mol. The number of hydrogen-bond acceptors (Lipinski definition) is 14. The van der Waals surface area contributed by atoms with Gasteiger partial charge in [-0.3, -0.25) is 23.2 Å². The summed E-state index contributed by atoms with van der Waals surface area (Å²) < 4.78 is 37.6. The van der Waals surface area contributed by atoms with Gasteiger partial charge in [-0.1, -0.05) is 11.8 Å². The molecule has 1 aliphatic rings. The number of fused-ring (bicyclic) bond motifs is 1. The summed E-state index contributed by atoms with van der Waals surface area (Å²) in [6.07, 6.45) is -1.13. The Balaban J connectivity index is 1.74. The maximum absolute atomic E-state index is 13.7. The van der Waals surface area contributed by atoms with Gasteiger partial charge in [0.15, 0.2) is 22.8 Å². The molecule has 3 heterocycles. The molecule has 0 radical (unpaired) electrons. The normalized spacial score (nSPS) is 25.0. The zero-order valence-corrected chi connectivity index (χ0v) is 26.7. The maximum atomic E-state index is 13.7. The largest absolute Gasteiger partial charge is 0.462 e. The lowest BCUT2D eigenvalue weighted by atomic mass is 9.97. The summed E-state index contributed by atoms with van der Waals surface area (Å²) in [6.45, 7) is 8.52. The van der Waals surface area contributed by atoms with Crippen molar-refractivity contribution in [3.05, 3.63) is 12.7 Å². The summed E-state index contributed by atoms with van der Waals surface area (Å²) in [5.74, 6) is -0.446. The molecular weight excluding hydrogens is 615 g/mol. The van der Waals surface area contributed by atoms with Crippen molar-refractivity contribution in [2.24, 2.45) is 5.41 Å². The molecule has 2 aromatic rings. The van der Waals surface area contributed by atoms with Gasteiger partial charge in [0.05, 0.1) is 37.7 Å². The van der Waals surface area contributed by atoms with E-state index in [9.17, 15) is 24.4 Å². The van der Waals surface area contributed by atoms with E-state index in [1.807, 2.05) is 0 Å². The number of ether oxygens (including phenoxy) is 2. The number of halogens is 1. The lowest BCUT2D eigenvalue weighted by Crippen LogP contribution is -2.40. The smallest absolute Gasteiger partial charge is 0.406 e. The Labute approximate surface area is 252 Å². The van der Waals surface area contributed by atoms with E-state index in [0.29, 0.717) is 11.2 Å². The van der Waals surface area contributed by atoms with E-state index in [1.165, 1.54) is 24.1 Å². The minimum Gasteiger partial charge on any atom is -0.462 e. The Morgan fingerprint density at radius 1 is 1.31 bits per heavy atom. The highest BCUT2D eigenvalue weighted by molar-refractivity contribution is 8.13. The number of thioether (sulfide) groups is 1. The molecule has 6 atom stereocenters. The van der Waals surface area contributed by atoms with Gasteiger partial charge >= 0.3 is 13.7 Å². The Kier molecular flexibility index (Phi) is 11.4. The number of carbonyl (C=O) groups is 2. The summed E-state index contributed by atoms with van der Waals surface area (Å²) in [6, 6.07) is -1.09. The third-order valence-electron chi connectivity index (χ3n) is 6.35. The van der Waals surface area contributed by atoms with Crippen molar-refractivity contribution in [3.63, 3.8) is 0 Å². The van der Waals surface area contributed by atoms with Crippen molar-refractivity contribution in [1.29, 1.82) is 0 Å². The number of hydrogen-bond donors (Lipinski definition) is 4. The standard InChI is InChI=1S/C24H38ClN6O9PS/c1-13(2)39-20(34)14(3)30-41(36,37-7-8-42-22(35)23(4,5)10-32)38-9-15-17(33)24(6,25)21(40-15)31-12-29-16-18(26)27-11-28-19(16)31/h11-15,17,21,32-33H,7-10H2,1-6H3,(H,30,36)(H2,26,27,28)/t14-,15-,17-,21-,24-,41+/m1/s1. The molecular formula is C24H38ClN6O9PS.